The van der Waals surface area contributed by atoms with Crippen LogP contribution in [0.15, 0.2) is 65.8 Å². The molecule has 8 heteroatoms. The van der Waals surface area contributed by atoms with Gasteiger partial charge in [0.05, 0.1) is 10.8 Å². The lowest BCUT2D eigenvalue weighted by Gasteiger charge is -2.08. The maximum absolute atomic E-state index is 12.1. The number of ether oxygens (including phenoxy) is 1. The predicted molar refractivity (Wildman–Crippen MR) is 104 cm³/mol. The van der Waals surface area contributed by atoms with Gasteiger partial charge in [-0.05, 0) is 48.5 Å². The molecule has 3 rings (SSSR count). The zero-order chi connectivity index (χ0) is 18.4. The van der Waals surface area contributed by atoms with Gasteiger partial charge in [-0.3, -0.25) is 4.79 Å². The summed E-state index contributed by atoms with van der Waals surface area (Å²) in [5, 5.41) is 3.96. The number of aromatic nitrogens is 2. The lowest BCUT2D eigenvalue weighted by molar-refractivity contribution is -0.113. The van der Waals surface area contributed by atoms with E-state index >= 15 is 0 Å². The average Bonchev–Trinajstić information content (AvgIpc) is 2.65. The molecule has 2 aromatic carbocycles. The molecule has 0 saturated carbocycles. The Morgan fingerprint density at radius 3 is 2.54 bits per heavy atom. The number of rotatable bonds is 6. The van der Waals surface area contributed by atoms with Gasteiger partial charge in [0, 0.05) is 28.0 Å². The third kappa shape index (κ3) is 5.36. The Morgan fingerprint density at radius 2 is 1.81 bits per heavy atom. The quantitative estimate of drug-likeness (QED) is 0.563. The first-order valence-corrected chi connectivity index (χ1v) is 9.27. The first kappa shape index (κ1) is 18.5. The molecular formula is C18H13Cl2N3O2S. The summed E-state index contributed by atoms with van der Waals surface area (Å²) < 4.78 is 5.50. The largest absolute Gasteiger partial charge is 0.424 e. The maximum atomic E-state index is 12.1. The molecular weight excluding hydrogens is 393 g/mol. The predicted octanol–water partition coefficient (Wildman–Crippen LogP) is 5.31. The number of amides is 1. The second kappa shape index (κ2) is 8.89. The maximum Gasteiger partial charge on any atom is 0.321 e. The van der Waals surface area contributed by atoms with Crippen LogP contribution in [0.25, 0.3) is 0 Å². The highest BCUT2D eigenvalue weighted by Crippen LogP contribution is 2.30. The number of carbonyl (C=O) groups is 1. The minimum Gasteiger partial charge on any atom is -0.424 e. The van der Waals surface area contributed by atoms with Gasteiger partial charge in [-0.15, -0.1) is 11.8 Å². The van der Waals surface area contributed by atoms with Crippen molar-refractivity contribution in [3.63, 3.8) is 0 Å². The van der Waals surface area contributed by atoms with Gasteiger partial charge in [0.15, 0.2) is 0 Å². The Morgan fingerprint density at radius 1 is 1.08 bits per heavy atom. The van der Waals surface area contributed by atoms with Gasteiger partial charge in [-0.25, -0.2) is 9.97 Å². The molecule has 1 N–H and O–H groups in total. The number of carbonyl (C=O) groups excluding carboxylic acids is 1. The molecule has 5 nitrogen and oxygen atoms in total. The van der Waals surface area contributed by atoms with Crippen molar-refractivity contribution >= 4 is 46.6 Å². The van der Waals surface area contributed by atoms with Crippen molar-refractivity contribution in [2.75, 3.05) is 11.1 Å². The Labute approximate surface area is 164 Å². The average molecular weight is 406 g/mol. The van der Waals surface area contributed by atoms with Gasteiger partial charge in [-0.2, -0.15) is 0 Å². The van der Waals surface area contributed by atoms with Crippen LogP contribution in [0.4, 0.5) is 5.69 Å². The van der Waals surface area contributed by atoms with Crippen molar-refractivity contribution in [2.24, 2.45) is 0 Å². The van der Waals surface area contributed by atoms with Crippen LogP contribution in [-0.4, -0.2) is 21.6 Å². The molecule has 0 saturated heterocycles. The number of halogens is 2. The fourth-order valence-electron chi connectivity index (χ4n) is 1.98. The molecule has 132 valence electrons. The van der Waals surface area contributed by atoms with E-state index in [-0.39, 0.29) is 17.7 Å². The molecule has 26 heavy (non-hydrogen) atoms. The molecule has 3 aromatic rings. The number of benzene rings is 2. The first-order valence-electron chi connectivity index (χ1n) is 7.53. The zero-order valence-corrected chi connectivity index (χ0v) is 15.7. The fraction of sp³-hybridized carbons (Fsp3) is 0.0556. The van der Waals surface area contributed by atoms with Crippen LogP contribution in [0, 0.1) is 0 Å². The highest BCUT2D eigenvalue weighted by molar-refractivity contribution is 8.00. The van der Waals surface area contributed by atoms with E-state index in [0.717, 1.165) is 4.90 Å². The standard InChI is InChI=1S/C18H13Cl2N3O2S/c19-12-2-7-15(20)16(10-12)26-11-17(24)23-13-3-5-14(6-4-13)25-18-21-8-1-9-22-18/h1-10H,11H2,(H,23,24). The summed E-state index contributed by atoms with van der Waals surface area (Å²) in [6.45, 7) is 0. The lowest BCUT2D eigenvalue weighted by Crippen LogP contribution is -2.13. The Bertz CT molecular complexity index is 893. The van der Waals surface area contributed by atoms with Gasteiger partial charge >= 0.3 is 6.01 Å². The van der Waals surface area contributed by atoms with E-state index in [9.17, 15) is 4.79 Å². The minimum absolute atomic E-state index is 0.147. The van der Waals surface area contributed by atoms with Crippen LogP contribution in [0.1, 0.15) is 0 Å². The molecule has 0 atom stereocenters. The van der Waals surface area contributed by atoms with Gasteiger partial charge in [0.1, 0.15) is 5.75 Å². The molecule has 0 radical (unpaired) electrons. The SMILES string of the molecule is O=C(CSc1cc(Cl)ccc1Cl)Nc1ccc(Oc2ncccn2)cc1. The number of anilines is 1. The number of hydrogen-bond acceptors (Lipinski definition) is 5. The summed E-state index contributed by atoms with van der Waals surface area (Å²) in [5.74, 6) is 0.649. The Hall–Kier alpha value is -2.28. The van der Waals surface area contributed by atoms with Crippen molar-refractivity contribution in [1.82, 2.24) is 9.97 Å². The van der Waals surface area contributed by atoms with Crippen molar-refractivity contribution in [3.05, 3.63) is 71.0 Å². The third-order valence-electron chi connectivity index (χ3n) is 3.14. The van der Waals surface area contributed by atoms with Crippen molar-refractivity contribution < 1.29 is 9.53 Å². The molecule has 1 aromatic heterocycles. The van der Waals surface area contributed by atoms with E-state index in [1.807, 2.05) is 0 Å². The third-order valence-corrected chi connectivity index (χ3v) is 4.87. The highest BCUT2D eigenvalue weighted by Gasteiger charge is 2.08. The van der Waals surface area contributed by atoms with E-state index in [1.165, 1.54) is 11.8 Å². The van der Waals surface area contributed by atoms with E-state index in [2.05, 4.69) is 15.3 Å². The Kier molecular flexibility index (Phi) is 6.33. The number of hydrogen-bond donors (Lipinski definition) is 1. The van der Waals surface area contributed by atoms with Crippen LogP contribution in [-0.2, 0) is 4.79 Å². The number of thioether (sulfide) groups is 1. The minimum atomic E-state index is -0.147. The second-order valence-electron chi connectivity index (χ2n) is 5.07. The highest BCUT2D eigenvalue weighted by atomic mass is 35.5. The molecule has 1 heterocycles. The Balaban J connectivity index is 1.53. The van der Waals surface area contributed by atoms with Gasteiger partial charge < -0.3 is 10.1 Å². The zero-order valence-electron chi connectivity index (χ0n) is 13.4. The topological polar surface area (TPSA) is 64.1 Å². The molecule has 0 aliphatic carbocycles. The number of nitrogens with zero attached hydrogens (tertiary/aromatic N) is 2. The van der Waals surface area contributed by atoms with E-state index in [0.29, 0.717) is 21.5 Å². The lowest BCUT2D eigenvalue weighted by atomic mass is 10.3. The van der Waals surface area contributed by atoms with Crippen molar-refractivity contribution in [2.45, 2.75) is 4.90 Å². The van der Waals surface area contributed by atoms with Crippen molar-refractivity contribution in [1.29, 1.82) is 0 Å². The summed E-state index contributed by atoms with van der Waals surface area (Å²) in [5.41, 5.74) is 0.661. The van der Waals surface area contributed by atoms with Crippen LogP contribution in [0.5, 0.6) is 11.8 Å². The molecule has 0 unspecified atom stereocenters. The molecule has 0 aliphatic heterocycles. The normalized spacial score (nSPS) is 10.4. The molecule has 0 spiro atoms. The van der Waals surface area contributed by atoms with Gasteiger partial charge in [0.25, 0.3) is 0 Å². The summed E-state index contributed by atoms with van der Waals surface area (Å²) in [6.07, 6.45) is 3.20. The summed E-state index contributed by atoms with van der Waals surface area (Å²) in [4.78, 5) is 20.8. The molecule has 0 aliphatic rings. The van der Waals surface area contributed by atoms with Crippen LogP contribution in [0.2, 0.25) is 10.0 Å². The van der Waals surface area contributed by atoms with Crippen molar-refractivity contribution in [3.8, 4) is 11.8 Å². The first-order chi connectivity index (χ1) is 12.6. The fourth-order valence-corrected chi connectivity index (χ4v) is 3.27. The number of nitrogens with one attached hydrogen (secondary N) is 1. The van der Waals surface area contributed by atoms with Gasteiger partial charge in [0.2, 0.25) is 5.91 Å². The van der Waals surface area contributed by atoms with E-state index in [1.54, 1.807) is 60.9 Å². The van der Waals surface area contributed by atoms with E-state index < -0.39 is 0 Å². The summed E-state index contributed by atoms with van der Waals surface area (Å²) in [6, 6.07) is 14.1. The molecule has 0 bridgehead atoms. The summed E-state index contributed by atoms with van der Waals surface area (Å²) in [7, 11) is 0. The van der Waals surface area contributed by atoms with E-state index in [4.69, 9.17) is 27.9 Å². The van der Waals surface area contributed by atoms with Crippen LogP contribution < -0.4 is 10.1 Å². The van der Waals surface area contributed by atoms with Crippen LogP contribution >= 0.6 is 35.0 Å². The van der Waals surface area contributed by atoms with Gasteiger partial charge in [-0.1, -0.05) is 23.2 Å². The monoisotopic (exact) mass is 405 g/mol. The molecule has 0 fully saturated rings. The van der Waals surface area contributed by atoms with Crippen LogP contribution in [0.3, 0.4) is 0 Å². The summed E-state index contributed by atoms with van der Waals surface area (Å²) >= 11 is 13.4. The second-order valence-corrected chi connectivity index (χ2v) is 6.93. The molecule has 1 amide bonds. The smallest absolute Gasteiger partial charge is 0.321 e.